The summed E-state index contributed by atoms with van der Waals surface area (Å²) in [5.41, 5.74) is 0.608. The number of carbonyl (C=O) groups is 2. The predicted octanol–water partition coefficient (Wildman–Crippen LogP) is 3.67. The first kappa shape index (κ1) is 15.5. The van der Waals surface area contributed by atoms with Gasteiger partial charge in [0.15, 0.2) is 0 Å². The number of benzene rings is 1. The van der Waals surface area contributed by atoms with E-state index in [2.05, 4.69) is 26.6 Å². The van der Waals surface area contributed by atoms with Crippen molar-refractivity contribution >= 4 is 44.3 Å². The summed E-state index contributed by atoms with van der Waals surface area (Å²) in [4.78, 5) is 22.7. The zero-order valence-corrected chi connectivity index (χ0v) is 12.9. The lowest BCUT2D eigenvalue weighted by atomic mass is 10.2. The molecule has 2 amide bonds. The normalized spacial score (nSPS) is 10.2. The molecule has 2 aromatic rings. The molecule has 2 rings (SSSR count). The smallest absolute Gasteiger partial charge is 0.338 e. The number of thiophene rings is 1. The molecule has 0 aliphatic carbocycles. The molecule has 0 saturated heterocycles. The molecule has 3 N–H and O–H groups in total. The van der Waals surface area contributed by atoms with Crippen molar-refractivity contribution < 1.29 is 19.1 Å². The topological polar surface area (TPSA) is 78.4 Å². The van der Waals surface area contributed by atoms with Crippen LogP contribution in [0.15, 0.2) is 34.1 Å². The molecule has 0 aliphatic rings. The number of carboxylic acids is 1. The lowest BCUT2D eigenvalue weighted by Crippen LogP contribution is -2.28. The van der Waals surface area contributed by atoms with Gasteiger partial charge < -0.3 is 10.4 Å². The van der Waals surface area contributed by atoms with Gasteiger partial charge in [0, 0.05) is 11.0 Å². The highest BCUT2D eigenvalue weighted by Gasteiger charge is 2.13. The number of halogens is 2. The van der Waals surface area contributed by atoms with Crippen LogP contribution in [-0.4, -0.2) is 17.1 Å². The summed E-state index contributed by atoms with van der Waals surface area (Å²) in [6.45, 7) is 0.109. The maximum Gasteiger partial charge on any atom is 0.338 e. The Labute approximate surface area is 131 Å². The van der Waals surface area contributed by atoms with E-state index in [0.29, 0.717) is 10.0 Å². The SMILES string of the molecule is O=C(NCc1cc(F)ccc1Br)Nc1sccc1C(=O)O. The third-order valence-electron chi connectivity index (χ3n) is 2.57. The molecule has 1 aromatic carbocycles. The monoisotopic (exact) mass is 372 g/mol. The Kier molecular flexibility index (Phi) is 4.92. The van der Waals surface area contributed by atoms with Gasteiger partial charge >= 0.3 is 12.0 Å². The number of amides is 2. The van der Waals surface area contributed by atoms with E-state index in [4.69, 9.17) is 5.11 Å². The van der Waals surface area contributed by atoms with Gasteiger partial charge in [0.1, 0.15) is 10.8 Å². The van der Waals surface area contributed by atoms with Crippen LogP contribution >= 0.6 is 27.3 Å². The largest absolute Gasteiger partial charge is 0.478 e. The summed E-state index contributed by atoms with van der Waals surface area (Å²) in [7, 11) is 0. The Morgan fingerprint density at radius 3 is 2.81 bits per heavy atom. The average Bonchev–Trinajstić information content (AvgIpc) is 2.88. The molecule has 5 nitrogen and oxygen atoms in total. The fourth-order valence-corrected chi connectivity index (χ4v) is 2.74. The Bertz CT molecular complexity index is 690. The molecule has 0 radical (unpaired) electrons. The van der Waals surface area contributed by atoms with Crippen LogP contribution in [0.25, 0.3) is 0 Å². The molecule has 0 aliphatic heterocycles. The van der Waals surface area contributed by atoms with E-state index in [1.165, 1.54) is 18.2 Å². The van der Waals surface area contributed by atoms with Crippen molar-refractivity contribution in [1.82, 2.24) is 5.32 Å². The standard InChI is InChI=1S/C13H10BrFN2O3S/c14-10-2-1-8(15)5-7(10)6-16-13(20)17-11-9(12(18)19)3-4-21-11/h1-5H,6H2,(H,18,19)(H2,16,17,20). The predicted molar refractivity (Wildman–Crippen MR) is 81.2 cm³/mol. The van der Waals surface area contributed by atoms with Crippen LogP contribution < -0.4 is 10.6 Å². The van der Waals surface area contributed by atoms with Gasteiger partial charge in [-0.1, -0.05) is 15.9 Å². The maximum absolute atomic E-state index is 13.1. The van der Waals surface area contributed by atoms with Gasteiger partial charge in [-0.2, -0.15) is 0 Å². The molecule has 1 heterocycles. The second-order valence-corrected chi connectivity index (χ2v) is 5.78. The van der Waals surface area contributed by atoms with Crippen molar-refractivity contribution in [2.24, 2.45) is 0 Å². The van der Waals surface area contributed by atoms with Crippen LogP contribution in [0.1, 0.15) is 15.9 Å². The summed E-state index contributed by atoms with van der Waals surface area (Å²) < 4.78 is 13.8. The van der Waals surface area contributed by atoms with Crippen molar-refractivity contribution in [2.75, 3.05) is 5.32 Å². The second-order valence-electron chi connectivity index (χ2n) is 4.01. The van der Waals surface area contributed by atoms with Crippen molar-refractivity contribution in [2.45, 2.75) is 6.54 Å². The highest BCUT2D eigenvalue weighted by molar-refractivity contribution is 9.10. The minimum absolute atomic E-state index is 0.0297. The zero-order valence-electron chi connectivity index (χ0n) is 10.5. The number of aromatic carboxylic acids is 1. The van der Waals surface area contributed by atoms with Crippen LogP contribution in [-0.2, 0) is 6.54 Å². The van der Waals surface area contributed by atoms with E-state index in [1.54, 1.807) is 11.4 Å². The van der Waals surface area contributed by atoms with Crippen LogP contribution in [0.3, 0.4) is 0 Å². The van der Waals surface area contributed by atoms with Crippen LogP contribution in [0, 0.1) is 5.82 Å². The van der Waals surface area contributed by atoms with E-state index >= 15 is 0 Å². The highest BCUT2D eigenvalue weighted by atomic mass is 79.9. The fourth-order valence-electron chi connectivity index (χ4n) is 1.58. The van der Waals surface area contributed by atoms with Crippen molar-refractivity contribution in [3.63, 3.8) is 0 Å². The third kappa shape index (κ3) is 4.02. The quantitative estimate of drug-likeness (QED) is 0.765. The maximum atomic E-state index is 13.1. The number of urea groups is 1. The minimum atomic E-state index is -1.11. The van der Waals surface area contributed by atoms with Crippen LogP contribution in [0.5, 0.6) is 0 Å². The molecular weight excluding hydrogens is 363 g/mol. The average molecular weight is 373 g/mol. The number of hydrogen-bond acceptors (Lipinski definition) is 3. The molecule has 110 valence electrons. The summed E-state index contributed by atoms with van der Waals surface area (Å²) in [5, 5.41) is 15.7. The number of carbonyl (C=O) groups excluding carboxylic acids is 1. The number of anilines is 1. The van der Waals surface area contributed by atoms with Crippen molar-refractivity contribution in [1.29, 1.82) is 0 Å². The Morgan fingerprint density at radius 1 is 1.33 bits per heavy atom. The number of carboxylic acid groups (broad SMARTS) is 1. The summed E-state index contributed by atoms with van der Waals surface area (Å²) in [5.74, 6) is -1.51. The molecule has 1 aromatic heterocycles. The van der Waals surface area contributed by atoms with Gasteiger partial charge in [-0.15, -0.1) is 11.3 Å². The molecule has 0 bridgehead atoms. The van der Waals surface area contributed by atoms with Gasteiger partial charge in [-0.3, -0.25) is 5.32 Å². The first-order valence-electron chi connectivity index (χ1n) is 5.77. The molecule has 0 unspecified atom stereocenters. The lowest BCUT2D eigenvalue weighted by molar-refractivity contribution is 0.0698. The number of hydrogen-bond donors (Lipinski definition) is 3. The first-order valence-corrected chi connectivity index (χ1v) is 7.44. The number of rotatable bonds is 4. The molecule has 0 spiro atoms. The molecule has 8 heteroatoms. The van der Waals surface area contributed by atoms with E-state index in [1.807, 2.05) is 0 Å². The van der Waals surface area contributed by atoms with Crippen LogP contribution in [0.2, 0.25) is 0 Å². The minimum Gasteiger partial charge on any atom is -0.478 e. The second kappa shape index (κ2) is 6.68. The van der Waals surface area contributed by atoms with Gasteiger partial charge in [-0.25, -0.2) is 14.0 Å². The van der Waals surface area contributed by atoms with Gasteiger partial charge in [0.25, 0.3) is 0 Å². The Hall–Kier alpha value is -1.93. The first-order chi connectivity index (χ1) is 9.97. The van der Waals surface area contributed by atoms with Crippen LogP contribution in [0.4, 0.5) is 14.2 Å². The summed E-state index contributed by atoms with van der Waals surface area (Å²) in [6, 6.07) is 5.00. The number of nitrogens with one attached hydrogen (secondary N) is 2. The molecule has 21 heavy (non-hydrogen) atoms. The highest BCUT2D eigenvalue weighted by Crippen LogP contribution is 2.23. The van der Waals surface area contributed by atoms with E-state index < -0.39 is 17.8 Å². The summed E-state index contributed by atoms with van der Waals surface area (Å²) in [6.07, 6.45) is 0. The third-order valence-corrected chi connectivity index (χ3v) is 4.17. The van der Waals surface area contributed by atoms with Gasteiger partial charge in [0.2, 0.25) is 0 Å². The molecule has 0 saturated carbocycles. The zero-order chi connectivity index (χ0) is 15.4. The van der Waals surface area contributed by atoms with E-state index in [-0.39, 0.29) is 17.1 Å². The molecular formula is C13H10BrFN2O3S. The van der Waals surface area contributed by atoms with E-state index in [9.17, 15) is 14.0 Å². The van der Waals surface area contributed by atoms with Crippen molar-refractivity contribution in [3.05, 3.63) is 51.1 Å². The molecule has 0 atom stereocenters. The Morgan fingerprint density at radius 2 is 2.10 bits per heavy atom. The fraction of sp³-hybridized carbons (Fsp3) is 0.0769. The van der Waals surface area contributed by atoms with Crippen molar-refractivity contribution in [3.8, 4) is 0 Å². The van der Waals surface area contributed by atoms with Gasteiger partial charge in [0.05, 0.1) is 5.56 Å². The molecule has 0 fully saturated rings. The van der Waals surface area contributed by atoms with E-state index in [0.717, 1.165) is 11.3 Å². The summed E-state index contributed by atoms with van der Waals surface area (Å²) >= 11 is 4.37. The lowest BCUT2D eigenvalue weighted by Gasteiger charge is -2.08. The Balaban J connectivity index is 1.98. The van der Waals surface area contributed by atoms with Gasteiger partial charge in [-0.05, 0) is 35.2 Å².